The van der Waals surface area contributed by atoms with Crippen molar-refractivity contribution in [2.75, 3.05) is 9.21 Å². The molecule has 40 heavy (non-hydrogen) atoms. The normalized spacial score (nSPS) is 15.0. The van der Waals surface area contributed by atoms with Crippen molar-refractivity contribution in [3.05, 3.63) is 83.7 Å². The van der Waals surface area contributed by atoms with Gasteiger partial charge in [0.2, 0.25) is 0 Å². The fraction of sp³-hybridized carbons (Fsp3) is 0.333. The van der Waals surface area contributed by atoms with Crippen molar-refractivity contribution >= 4 is 36.1 Å². The zero-order valence-electron chi connectivity index (χ0n) is 24.9. The van der Waals surface area contributed by atoms with Crippen LogP contribution in [0.4, 0.5) is 11.4 Å². The van der Waals surface area contributed by atoms with E-state index in [1.54, 1.807) is 12.7 Å². The van der Waals surface area contributed by atoms with Gasteiger partial charge in [-0.05, 0) is 12.1 Å². The lowest BCUT2D eigenvalue weighted by atomic mass is 9.67. The zero-order valence-corrected chi connectivity index (χ0v) is 27.9. The second-order valence-electron chi connectivity index (χ2n) is 13.9. The van der Waals surface area contributed by atoms with E-state index in [2.05, 4.69) is 115 Å². The number of ether oxygens (including phenoxy) is 1. The Morgan fingerprint density at radius 3 is 1.73 bits per heavy atom. The van der Waals surface area contributed by atoms with Gasteiger partial charge in [-0.15, -0.1) is 0 Å². The summed E-state index contributed by atoms with van der Waals surface area (Å²) in [6, 6.07) is 13.3. The number of anilines is 2. The molecule has 1 aliphatic heterocycles. The molecular weight excluding hydrogens is 545 g/mol. The summed E-state index contributed by atoms with van der Waals surface area (Å²) in [5.74, 6) is 1.70. The van der Waals surface area contributed by atoms with Crippen molar-refractivity contribution in [1.29, 1.82) is 0 Å². The quantitative estimate of drug-likeness (QED) is 0.211. The van der Waals surface area contributed by atoms with Crippen LogP contribution in [0, 0.1) is 0 Å². The highest BCUT2D eigenvalue weighted by Gasteiger charge is 2.53. The third-order valence-corrected chi connectivity index (χ3v) is 15.8. The molecule has 3 heterocycles. The molecule has 0 atom stereocenters. The molecule has 2 aromatic carbocycles. The molecule has 0 amide bonds. The fourth-order valence-electron chi connectivity index (χ4n) is 6.83. The average Bonchev–Trinajstić information content (AvgIpc) is 3.12. The molecule has 2 aliphatic rings. The fourth-order valence-corrected chi connectivity index (χ4v) is 17.7. The van der Waals surface area contributed by atoms with Crippen LogP contribution in [-0.4, -0.2) is 44.6 Å². The first-order valence-electron chi connectivity index (χ1n) is 13.9. The van der Waals surface area contributed by atoms with E-state index >= 15 is 0 Å². The van der Waals surface area contributed by atoms with E-state index in [0.29, 0.717) is 0 Å². The van der Waals surface area contributed by atoms with Gasteiger partial charge in [-0.3, -0.25) is 0 Å². The first kappa shape index (κ1) is 26.9. The van der Waals surface area contributed by atoms with Crippen molar-refractivity contribution in [2.24, 2.45) is 0 Å². The number of fused-ring (bicyclic) bond motifs is 9. The highest BCUT2D eigenvalue weighted by atomic mass is 28.4. The highest BCUT2D eigenvalue weighted by molar-refractivity contribution is 6.99. The summed E-state index contributed by atoms with van der Waals surface area (Å²) in [5, 5.41) is 0. The molecular formula is C30H38N6OSi3. The maximum atomic E-state index is 6.86. The van der Waals surface area contributed by atoms with Gasteiger partial charge in [-0.2, -0.15) is 0 Å². The highest BCUT2D eigenvalue weighted by Crippen LogP contribution is 2.61. The van der Waals surface area contributed by atoms with E-state index < -0.39 is 30.1 Å². The summed E-state index contributed by atoms with van der Waals surface area (Å²) in [6.45, 7) is 21.5. The Bertz CT molecular complexity index is 1580. The molecule has 2 aromatic heterocycles. The molecule has 206 valence electrons. The Balaban J connectivity index is 1.66. The van der Waals surface area contributed by atoms with Gasteiger partial charge in [-0.1, -0.05) is 71.1 Å². The predicted octanol–water partition coefficient (Wildman–Crippen LogP) is 7.46. The van der Waals surface area contributed by atoms with E-state index in [-0.39, 0.29) is 0 Å². The van der Waals surface area contributed by atoms with Crippen molar-refractivity contribution in [3.63, 3.8) is 0 Å². The van der Waals surface area contributed by atoms with Gasteiger partial charge < -0.3 is 14.0 Å². The molecule has 0 fully saturated rings. The van der Waals surface area contributed by atoms with Gasteiger partial charge in [0.05, 0.1) is 16.8 Å². The lowest BCUT2D eigenvalue weighted by molar-refractivity contribution is 0.436. The Morgan fingerprint density at radius 1 is 0.675 bits per heavy atom. The number of benzene rings is 2. The molecule has 0 radical (unpaired) electrons. The van der Waals surface area contributed by atoms with Crippen LogP contribution in [0.1, 0.15) is 22.3 Å². The van der Waals surface area contributed by atoms with Crippen LogP contribution in [-0.2, 0) is 5.41 Å². The Kier molecular flexibility index (Phi) is 5.92. The lowest BCUT2D eigenvalue weighted by Crippen LogP contribution is -2.59. The molecule has 0 unspecified atom stereocenters. The van der Waals surface area contributed by atoms with E-state index in [9.17, 15) is 0 Å². The van der Waals surface area contributed by atoms with Gasteiger partial charge in [0, 0.05) is 58.2 Å². The monoisotopic (exact) mass is 582 g/mol. The molecule has 6 rings (SSSR count). The Hall–Kier alpha value is -3.35. The van der Waals surface area contributed by atoms with Gasteiger partial charge in [0.25, 0.3) is 0 Å². The van der Waals surface area contributed by atoms with Gasteiger partial charge >= 0.3 is 0 Å². The summed E-state index contributed by atoms with van der Waals surface area (Å²) < 4.78 is 9.60. The molecule has 1 N–H and O–H groups in total. The minimum atomic E-state index is -1.68. The van der Waals surface area contributed by atoms with E-state index in [4.69, 9.17) is 14.7 Å². The minimum Gasteiger partial charge on any atom is -0.457 e. The average molecular weight is 583 g/mol. The van der Waals surface area contributed by atoms with Gasteiger partial charge in [0.1, 0.15) is 48.9 Å². The number of hydrogen-bond donors (Lipinski definition) is 1. The summed E-state index contributed by atoms with van der Waals surface area (Å²) in [6.07, 6.45) is 7.10. The molecule has 0 bridgehead atoms. The maximum absolute atomic E-state index is 6.86. The smallest absolute Gasteiger partial charge is 0.144 e. The summed E-state index contributed by atoms with van der Waals surface area (Å²) in [5.41, 5.74) is 7.51. The van der Waals surface area contributed by atoms with Gasteiger partial charge in [0.15, 0.2) is 0 Å². The lowest BCUT2D eigenvalue weighted by Gasteiger charge is -2.46. The van der Waals surface area contributed by atoms with Crippen molar-refractivity contribution in [2.45, 2.75) is 64.3 Å². The van der Waals surface area contributed by atoms with Crippen molar-refractivity contribution in [1.82, 2.24) is 19.9 Å². The topological polar surface area (TPSA) is 76.1 Å². The van der Waals surface area contributed by atoms with Gasteiger partial charge in [-0.25, -0.2) is 19.9 Å². The zero-order chi connectivity index (χ0) is 28.7. The standard InChI is InChI=1S/C30H38N6OSi3/c1-38(2,3)35-20-10-12-22-26(14-20)37-27-15-21(36(39(4,5)6)40(7,8)9)11-13-23(27)30(22)24-16-31-18-33-28(24)29-25(30)17-32-19-34-29/h10-19,35H,1-9H3. The third kappa shape index (κ3) is 4.11. The van der Waals surface area contributed by atoms with Crippen LogP contribution in [0.3, 0.4) is 0 Å². The molecule has 1 spiro atoms. The van der Waals surface area contributed by atoms with Crippen LogP contribution in [0.15, 0.2) is 61.4 Å². The molecule has 0 saturated heterocycles. The van der Waals surface area contributed by atoms with Crippen LogP contribution >= 0.6 is 0 Å². The minimum absolute atomic E-state index is 0.671. The third-order valence-electron chi connectivity index (χ3n) is 7.55. The van der Waals surface area contributed by atoms with Crippen LogP contribution in [0.2, 0.25) is 58.9 Å². The van der Waals surface area contributed by atoms with E-state index in [1.807, 2.05) is 12.4 Å². The van der Waals surface area contributed by atoms with Crippen LogP contribution < -0.4 is 14.0 Å². The number of rotatable bonds is 5. The second kappa shape index (κ2) is 8.82. The number of nitrogens with zero attached hydrogens (tertiary/aromatic N) is 5. The van der Waals surface area contributed by atoms with Crippen molar-refractivity contribution < 1.29 is 4.74 Å². The molecule has 1 aliphatic carbocycles. The second-order valence-corrected chi connectivity index (χ2v) is 28.6. The first-order valence-corrected chi connectivity index (χ1v) is 24.3. The maximum Gasteiger partial charge on any atom is 0.144 e. The Morgan fingerprint density at radius 2 is 1.20 bits per heavy atom. The molecule has 10 heteroatoms. The number of hydrogen-bond acceptors (Lipinski definition) is 7. The molecule has 7 nitrogen and oxygen atoms in total. The SMILES string of the molecule is C[Si](C)(C)Nc1ccc2c(c1)Oc1cc(N([Si](C)(C)C)[Si](C)(C)C)ccc1C21c2cncnc2-c2ncncc21. The Labute approximate surface area is 240 Å². The van der Waals surface area contributed by atoms with Crippen LogP contribution in [0.5, 0.6) is 11.5 Å². The summed E-state index contributed by atoms with van der Waals surface area (Å²) >= 11 is 0. The number of aromatic nitrogens is 4. The molecule has 0 saturated carbocycles. The summed E-state index contributed by atoms with van der Waals surface area (Å²) in [4.78, 5) is 22.2. The van der Waals surface area contributed by atoms with E-state index in [1.165, 1.54) is 5.69 Å². The molecule has 4 aromatic rings. The van der Waals surface area contributed by atoms with E-state index in [0.717, 1.165) is 50.8 Å². The number of nitrogens with one attached hydrogen (secondary N) is 1. The first-order chi connectivity index (χ1) is 18.7. The van der Waals surface area contributed by atoms with Crippen LogP contribution in [0.25, 0.3) is 11.4 Å². The van der Waals surface area contributed by atoms with Crippen molar-refractivity contribution in [3.8, 4) is 22.9 Å². The largest absolute Gasteiger partial charge is 0.457 e. The predicted molar refractivity (Wildman–Crippen MR) is 171 cm³/mol. The summed E-state index contributed by atoms with van der Waals surface area (Å²) in [7, 11) is -4.93.